The van der Waals surface area contributed by atoms with E-state index in [9.17, 15) is 0 Å². The van der Waals surface area contributed by atoms with E-state index in [1.165, 1.54) is 11.8 Å². The second-order valence-electron chi connectivity index (χ2n) is 10.6. The van der Waals surface area contributed by atoms with Crippen LogP contribution in [0.2, 0.25) is 0 Å². The maximum Gasteiger partial charge on any atom is 0.0654 e. The van der Waals surface area contributed by atoms with Crippen molar-refractivity contribution in [1.82, 2.24) is 9.97 Å². The lowest BCUT2D eigenvalue weighted by molar-refractivity contribution is 1.17. The van der Waals surface area contributed by atoms with Crippen LogP contribution in [-0.2, 0) is 0 Å². The Hall–Kier alpha value is -5.86. The summed E-state index contributed by atoms with van der Waals surface area (Å²) in [6.45, 7) is 0. The molecular formula is C42H30N2-2. The van der Waals surface area contributed by atoms with Gasteiger partial charge in [-0.2, -0.15) is 0 Å². The zero-order valence-electron chi connectivity index (χ0n) is 24.2. The Balaban J connectivity index is 1.30. The first-order valence-electron chi connectivity index (χ1n) is 14.8. The molecule has 2 heteroatoms. The summed E-state index contributed by atoms with van der Waals surface area (Å²) in [6, 6.07) is 59.2. The van der Waals surface area contributed by atoms with Gasteiger partial charge in [-0.05, 0) is 11.1 Å². The van der Waals surface area contributed by atoms with E-state index in [2.05, 4.69) is 170 Å². The molecule has 7 aromatic rings. The molecule has 0 aliphatic carbocycles. The predicted octanol–water partition coefficient (Wildman–Crippen LogP) is 9.85. The van der Waals surface area contributed by atoms with Crippen LogP contribution in [0.4, 0.5) is 0 Å². The summed E-state index contributed by atoms with van der Waals surface area (Å²) in [5, 5.41) is 0. The van der Waals surface area contributed by atoms with Crippen LogP contribution in [0.1, 0.15) is 33.4 Å². The van der Waals surface area contributed by atoms with Crippen molar-refractivity contribution in [3.63, 3.8) is 0 Å². The zero-order chi connectivity index (χ0) is 29.6. The van der Waals surface area contributed by atoms with Gasteiger partial charge in [0.05, 0.1) is 11.4 Å². The molecule has 0 saturated heterocycles. The molecule has 0 aliphatic heterocycles. The van der Waals surface area contributed by atoms with Crippen LogP contribution in [-0.4, -0.2) is 9.97 Å². The van der Waals surface area contributed by atoms with E-state index in [1.807, 2.05) is 12.4 Å². The van der Waals surface area contributed by atoms with E-state index in [4.69, 9.17) is 9.97 Å². The SMILES string of the molecule is c1ccc([C-](c2ccccc2)c2ccccc2-c2cnc(-c3ccccc3[C-](c3ccccc3)c3ccccc3)cn2)cc1. The normalized spacial score (nSPS) is 10.7. The predicted molar refractivity (Wildman–Crippen MR) is 180 cm³/mol. The molecule has 0 aliphatic rings. The second kappa shape index (κ2) is 12.6. The smallest absolute Gasteiger partial charge is 0.0654 e. The van der Waals surface area contributed by atoms with E-state index < -0.39 is 0 Å². The standard InChI is InChI=1S/C42H30N2/c1-5-17-31(18-6-1)41(32-19-7-2-8-20-32)37-27-15-13-25-35(37)39-29-44-40(30-43-39)36-26-14-16-28-38(36)42(33-21-9-3-10-22-33)34-23-11-4-12-24-34/h1-30H/q-2. The fraction of sp³-hybridized carbons (Fsp3) is 0. The number of nitrogens with zero attached hydrogens (tertiary/aromatic N) is 2. The molecule has 0 fully saturated rings. The number of aromatic nitrogens is 2. The molecule has 2 nitrogen and oxygen atoms in total. The van der Waals surface area contributed by atoms with Crippen molar-refractivity contribution in [2.45, 2.75) is 0 Å². The van der Waals surface area contributed by atoms with Gasteiger partial charge in [0.15, 0.2) is 0 Å². The number of hydrogen-bond donors (Lipinski definition) is 0. The molecule has 0 bridgehead atoms. The summed E-state index contributed by atoms with van der Waals surface area (Å²) in [5.41, 5.74) is 10.6. The third kappa shape index (κ3) is 5.49. The van der Waals surface area contributed by atoms with Crippen LogP contribution in [0.25, 0.3) is 22.5 Å². The Bertz CT molecular complexity index is 1710. The highest BCUT2D eigenvalue weighted by Gasteiger charge is 2.17. The topological polar surface area (TPSA) is 25.8 Å². The van der Waals surface area contributed by atoms with Gasteiger partial charge < -0.3 is 0 Å². The first-order valence-corrected chi connectivity index (χ1v) is 14.8. The van der Waals surface area contributed by atoms with Gasteiger partial charge in [0, 0.05) is 12.4 Å². The zero-order valence-corrected chi connectivity index (χ0v) is 24.2. The van der Waals surface area contributed by atoms with Gasteiger partial charge in [-0.3, -0.25) is 9.97 Å². The van der Waals surface area contributed by atoms with Crippen LogP contribution in [0.5, 0.6) is 0 Å². The minimum Gasteiger partial charge on any atom is -0.259 e. The van der Waals surface area contributed by atoms with Crippen LogP contribution >= 0.6 is 0 Å². The van der Waals surface area contributed by atoms with E-state index in [0.29, 0.717) is 0 Å². The van der Waals surface area contributed by atoms with Crippen molar-refractivity contribution >= 4 is 0 Å². The van der Waals surface area contributed by atoms with Crippen LogP contribution in [0.15, 0.2) is 182 Å². The first kappa shape index (κ1) is 27.0. The Labute approximate surface area is 259 Å². The molecule has 0 saturated carbocycles. The minimum atomic E-state index is 0.835. The Morgan fingerprint density at radius 3 is 0.864 bits per heavy atom. The molecule has 7 rings (SSSR count). The highest BCUT2D eigenvalue weighted by molar-refractivity contribution is 5.75. The summed E-state index contributed by atoms with van der Waals surface area (Å²) < 4.78 is 0. The van der Waals surface area contributed by atoms with Gasteiger partial charge >= 0.3 is 0 Å². The third-order valence-electron chi connectivity index (χ3n) is 7.85. The summed E-state index contributed by atoms with van der Waals surface area (Å²) in [7, 11) is 0. The molecule has 0 unspecified atom stereocenters. The van der Waals surface area contributed by atoms with Crippen molar-refractivity contribution in [3.05, 3.63) is 227 Å². The lowest BCUT2D eigenvalue weighted by Gasteiger charge is -2.28. The highest BCUT2D eigenvalue weighted by Crippen LogP contribution is 2.38. The molecule has 210 valence electrons. The van der Waals surface area contributed by atoms with Crippen molar-refractivity contribution in [3.8, 4) is 22.5 Å². The lowest BCUT2D eigenvalue weighted by atomic mass is 9.82. The fourth-order valence-electron chi connectivity index (χ4n) is 5.83. The van der Waals surface area contributed by atoms with Gasteiger partial charge in [-0.15, -0.1) is 0 Å². The van der Waals surface area contributed by atoms with Crippen molar-refractivity contribution < 1.29 is 0 Å². The Kier molecular flexibility index (Phi) is 7.71. The fourth-order valence-corrected chi connectivity index (χ4v) is 5.83. The van der Waals surface area contributed by atoms with Crippen LogP contribution in [0, 0.1) is 11.8 Å². The number of hydrogen-bond acceptors (Lipinski definition) is 2. The van der Waals surface area contributed by atoms with Crippen molar-refractivity contribution in [2.24, 2.45) is 0 Å². The number of benzene rings is 6. The molecule has 0 amide bonds. The first-order chi connectivity index (χ1) is 21.9. The maximum absolute atomic E-state index is 5.02. The quantitative estimate of drug-likeness (QED) is 0.136. The Morgan fingerprint density at radius 1 is 0.295 bits per heavy atom. The van der Waals surface area contributed by atoms with Gasteiger partial charge in [-0.1, -0.05) is 215 Å². The maximum atomic E-state index is 5.02. The summed E-state index contributed by atoms with van der Waals surface area (Å²) >= 11 is 0. The molecule has 44 heavy (non-hydrogen) atoms. The van der Waals surface area contributed by atoms with E-state index >= 15 is 0 Å². The summed E-state index contributed by atoms with van der Waals surface area (Å²) in [6.07, 6.45) is 3.81. The molecule has 0 radical (unpaired) electrons. The Morgan fingerprint density at radius 2 is 0.568 bits per heavy atom. The molecule has 0 atom stereocenters. The van der Waals surface area contributed by atoms with E-state index in [-0.39, 0.29) is 0 Å². The molecule has 1 aromatic heterocycles. The van der Waals surface area contributed by atoms with Gasteiger partial charge in [-0.25, -0.2) is 0 Å². The second-order valence-corrected chi connectivity index (χ2v) is 10.6. The third-order valence-corrected chi connectivity index (χ3v) is 7.85. The largest absolute Gasteiger partial charge is 0.259 e. The van der Waals surface area contributed by atoms with Crippen molar-refractivity contribution in [2.75, 3.05) is 0 Å². The van der Waals surface area contributed by atoms with Gasteiger partial charge in [0.1, 0.15) is 0 Å². The average molecular weight is 563 g/mol. The molecule has 0 spiro atoms. The molecule has 0 N–H and O–H groups in total. The van der Waals surface area contributed by atoms with Gasteiger partial charge in [0.25, 0.3) is 0 Å². The average Bonchev–Trinajstić information content (AvgIpc) is 3.11. The highest BCUT2D eigenvalue weighted by atomic mass is 14.8. The monoisotopic (exact) mass is 562 g/mol. The summed E-state index contributed by atoms with van der Waals surface area (Å²) in [5.74, 6) is 2.34. The van der Waals surface area contributed by atoms with Gasteiger partial charge in [0.2, 0.25) is 0 Å². The van der Waals surface area contributed by atoms with Crippen LogP contribution in [0.3, 0.4) is 0 Å². The van der Waals surface area contributed by atoms with E-state index in [0.717, 1.165) is 55.9 Å². The summed E-state index contributed by atoms with van der Waals surface area (Å²) in [4.78, 5) is 10.0. The molecule has 1 heterocycles. The minimum absolute atomic E-state index is 0.835. The molecular weight excluding hydrogens is 532 g/mol. The van der Waals surface area contributed by atoms with Crippen molar-refractivity contribution in [1.29, 1.82) is 0 Å². The van der Waals surface area contributed by atoms with E-state index in [1.54, 1.807) is 0 Å². The van der Waals surface area contributed by atoms with Crippen LogP contribution < -0.4 is 0 Å². The molecule has 6 aromatic carbocycles. The lowest BCUT2D eigenvalue weighted by Crippen LogP contribution is -2.07. The number of rotatable bonds is 8.